The summed E-state index contributed by atoms with van der Waals surface area (Å²) in [5.74, 6) is -0.857. The van der Waals surface area contributed by atoms with Crippen LogP contribution in [-0.4, -0.2) is 15.6 Å². The van der Waals surface area contributed by atoms with Gasteiger partial charge in [0.1, 0.15) is 0 Å². The number of rotatable bonds is 6. The van der Waals surface area contributed by atoms with Crippen LogP contribution < -0.4 is 0 Å². The Kier molecular flexibility index (Phi) is 4.03. The number of aryl methyl sites for hydroxylation is 1. The molecule has 0 aliphatic rings. The average Bonchev–Trinajstić information content (AvgIpc) is 2.77. The smallest absolute Gasteiger partial charge is 0.336 e. The van der Waals surface area contributed by atoms with Gasteiger partial charge in [0, 0.05) is 23.6 Å². The normalized spacial score (nSPS) is 10.9. The highest BCUT2D eigenvalue weighted by molar-refractivity contribution is 6.02. The lowest BCUT2D eigenvalue weighted by molar-refractivity contribution is 0.0699. The highest BCUT2D eigenvalue weighted by Gasteiger charge is 2.10. The first-order chi connectivity index (χ1) is 8.74. The molecule has 1 heterocycles. The second-order valence-electron chi connectivity index (χ2n) is 4.61. The predicted octanol–water partition coefficient (Wildman–Crippen LogP) is 3.92. The first-order valence-electron chi connectivity index (χ1n) is 6.55. The van der Waals surface area contributed by atoms with Crippen molar-refractivity contribution in [1.82, 2.24) is 4.57 Å². The van der Waals surface area contributed by atoms with Crippen LogP contribution in [0.5, 0.6) is 0 Å². The van der Waals surface area contributed by atoms with Gasteiger partial charge >= 0.3 is 5.97 Å². The van der Waals surface area contributed by atoms with Gasteiger partial charge < -0.3 is 9.67 Å². The maximum Gasteiger partial charge on any atom is 0.336 e. The van der Waals surface area contributed by atoms with Gasteiger partial charge in [0.05, 0.1) is 5.56 Å². The van der Waals surface area contributed by atoms with E-state index in [1.807, 2.05) is 24.4 Å². The molecule has 0 radical (unpaired) electrons. The second-order valence-corrected chi connectivity index (χ2v) is 4.61. The minimum atomic E-state index is -0.857. The molecule has 0 spiro atoms. The Morgan fingerprint density at radius 2 is 2.06 bits per heavy atom. The van der Waals surface area contributed by atoms with Crippen LogP contribution in [0.15, 0.2) is 30.5 Å². The van der Waals surface area contributed by atoms with Crippen molar-refractivity contribution in [2.75, 3.05) is 0 Å². The zero-order valence-electron chi connectivity index (χ0n) is 10.7. The molecule has 96 valence electrons. The first-order valence-corrected chi connectivity index (χ1v) is 6.55. The fourth-order valence-corrected chi connectivity index (χ4v) is 2.31. The molecule has 1 aromatic carbocycles. The highest BCUT2D eigenvalue weighted by atomic mass is 16.4. The van der Waals surface area contributed by atoms with E-state index in [4.69, 9.17) is 5.11 Å². The van der Waals surface area contributed by atoms with Crippen LogP contribution in [0.25, 0.3) is 10.9 Å². The van der Waals surface area contributed by atoms with Crippen LogP contribution in [0.4, 0.5) is 0 Å². The van der Waals surface area contributed by atoms with E-state index in [0.717, 1.165) is 23.9 Å². The van der Waals surface area contributed by atoms with E-state index in [9.17, 15) is 4.79 Å². The molecule has 0 amide bonds. The molecular weight excluding hydrogens is 226 g/mol. The van der Waals surface area contributed by atoms with Gasteiger partial charge in [-0.05, 0) is 24.6 Å². The standard InChI is InChI=1S/C15H19NO2/c1-2-3-4-5-10-16-11-9-12-13(15(17)18)7-6-8-14(12)16/h6-9,11H,2-5,10H2,1H3,(H,17,18). The summed E-state index contributed by atoms with van der Waals surface area (Å²) in [4.78, 5) is 11.1. The number of aromatic carboxylic acids is 1. The lowest BCUT2D eigenvalue weighted by Gasteiger charge is -2.05. The zero-order chi connectivity index (χ0) is 13.0. The summed E-state index contributed by atoms with van der Waals surface area (Å²) in [6, 6.07) is 7.36. The average molecular weight is 245 g/mol. The summed E-state index contributed by atoms with van der Waals surface area (Å²) >= 11 is 0. The molecule has 0 atom stereocenters. The van der Waals surface area contributed by atoms with Gasteiger partial charge in [0.15, 0.2) is 0 Å². The Balaban J connectivity index is 2.20. The zero-order valence-corrected chi connectivity index (χ0v) is 10.7. The summed E-state index contributed by atoms with van der Waals surface area (Å²) in [5, 5.41) is 9.96. The van der Waals surface area contributed by atoms with Crippen LogP contribution in [-0.2, 0) is 6.54 Å². The van der Waals surface area contributed by atoms with E-state index in [1.54, 1.807) is 6.07 Å². The minimum absolute atomic E-state index is 0.389. The molecular formula is C15H19NO2. The Hall–Kier alpha value is -1.77. The number of unbranched alkanes of at least 4 members (excludes halogenated alkanes) is 3. The number of carboxylic acids is 1. The van der Waals surface area contributed by atoms with Crippen molar-refractivity contribution >= 4 is 16.9 Å². The number of fused-ring (bicyclic) bond motifs is 1. The molecule has 3 nitrogen and oxygen atoms in total. The van der Waals surface area contributed by atoms with Gasteiger partial charge in [-0.2, -0.15) is 0 Å². The summed E-state index contributed by atoms with van der Waals surface area (Å²) in [6.07, 6.45) is 6.86. The Bertz CT molecular complexity index is 542. The van der Waals surface area contributed by atoms with Crippen molar-refractivity contribution in [3.8, 4) is 0 Å². The number of aromatic nitrogens is 1. The van der Waals surface area contributed by atoms with E-state index < -0.39 is 5.97 Å². The van der Waals surface area contributed by atoms with E-state index in [1.165, 1.54) is 19.3 Å². The van der Waals surface area contributed by atoms with Crippen LogP contribution >= 0.6 is 0 Å². The van der Waals surface area contributed by atoms with Gasteiger partial charge in [0.25, 0.3) is 0 Å². The number of hydrogen-bond acceptors (Lipinski definition) is 1. The maximum absolute atomic E-state index is 11.1. The summed E-state index contributed by atoms with van der Waals surface area (Å²) in [7, 11) is 0. The number of nitrogens with zero attached hydrogens (tertiary/aromatic N) is 1. The molecule has 0 aliphatic heterocycles. The van der Waals surface area contributed by atoms with Crippen LogP contribution in [0.3, 0.4) is 0 Å². The molecule has 1 N–H and O–H groups in total. The largest absolute Gasteiger partial charge is 0.478 e. The van der Waals surface area contributed by atoms with Gasteiger partial charge in [-0.1, -0.05) is 32.3 Å². The number of hydrogen-bond donors (Lipinski definition) is 1. The molecule has 2 rings (SSSR count). The number of benzene rings is 1. The molecule has 18 heavy (non-hydrogen) atoms. The van der Waals surface area contributed by atoms with Crippen molar-refractivity contribution in [3.63, 3.8) is 0 Å². The van der Waals surface area contributed by atoms with E-state index >= 15 is 0 Å². The van der Waals surface area contributed by atoms with Crippen molar-refractivity contribution in [2.45, 2.75) is 39.2 Å². The van der Waals surface area contributed by atoms with Crippen LogP contribution in [0.1, 0.15) is 43.0 Å². The first kappa shape index (κ1) is 12.7. The monoisotopic (exact) mass is 245 g/mol. The third kappa shape index (κ3) is 2.55. The van der Waals surface area contributed by atoms with E-state index in [0.29, 0.717) is 5.56 Å². The fraction of sp³-hybridized carbons (Fsp3) is 0.400. The number of carboxylic acid groups (broad SMARTS) is 1. The van der Waals surface area contributed by atoms with Gasteiger partial charge in [-0.25, -0.2) is 4.79 Å². The van der Waals surface area contributed by atoms with Gasteiger partial charge in [-0.3, -0.25) is 0 Å². The van der Waals surface area contributed by atoms with E-state index in [-0.39, 0.29) is 0 Å². The molecule has 2 aromatic rings. The lowest BCUT2D eigenvalue weighted by Crippen LogP contribution is -1.99. The minimum Gasteiger partial charge on any atom is -0.478 e. The Labute approximate surface area is 107 Å². The number of carbonyl (C=O) groups is 1. The second kappa shape index (κ2) is 5.71. The molecule has 0 unspecified atom stereocenters. The van der Waals surface area contributed by atoms with Crippen LogP contribution in [0.2, 0.25) is 0 Å². The third-order valence-electron chi connectivity index (χ3n) is 3.30. The van der Waals surface area contributed by atoms with Crippen molar-refractivity contribution in [3.05, 3.63) is 36.0 Å². The molecule has 0 fully saturated rings. The maximum atomic E-state index is 11.1. The summed E-state index contributed by atoms with van der Waals surface area (Å²) in [5.41, 5.74) is 1.41. The molecule has 0 aliphatic carbocycles. The molecule has 0 bridgehead atoms. The Morgan fingerprint density at radius 1 is 1.22 bits per heavy atom. The van der Waals surface area contributed by atoms with Gasteiger partial charge in [-0.15, -0.1) is 0 Å². The predicted molar refractivity (Wildman–Crippen MR) is 73.0 cm³/mol. The SMILES string of the molecule is CCCCCCn1ccc2c(C(=O)O)cccc21. The van der Waals surface area contributed by atoms with Crippen molar-refractivity contribution in [2.24, 2.45) is 0 Å². The topological polar surface area (TPSA) is 42.2 Å². The molecule has 3 heteroatoms. The third-order valence-corrected chi connectivity index (χ3v) is 3.30. The van der Waals surface area contributed by atoms with Crippen molar-refractivity contribution < 1.29 is 9.90 Å². The Morgan fingerprint density at radius 3 is 2.78 bits per heavy atom. The van der Waals surface area contributed by atoms with Gasteiger partial charge in [0.2, 0.25) is 0 Å². The summed E-state index contributed by atoms with van der Waals surface area (Å²) < 4.78 is 2.15. The lowest BCUT2D eigenvalue weighted by atomic mass is 10.1. The summed E-state index contributed by atoms with van der Waals surface area (Å²) in [6.45, 7) is 3.16. The highest BCUT2D eigenvalue weighted by Crippen LogP contribution is 2.21. The van der Waals surface area contributed by atoms with E-state index in [2.05, 4.69) is 11.5 Å². The fourth-order valence-electron chi connectivity index (χ4n) is 2.31. The molecule has 0 saturated heterocycles. The van der Waals surface area contributed by atoms with Crippen molar-refractivity contribution in [1.29, 1.82) is 0 Å². The molecule has 0 saturated carbocycles. The van der Waals surface area contributed by atoms with Crippen LogP contribution in [0, 0.1) is 0 Å². The quantitative estimate of drug-likeness (QED) is 0.784. The molecule has 1 aromatic heterocycles.